The van der Waals surface area contributed by atoms with Crippen molar-refractivity contribution in [1.82, 2.24) is 5.32 Å². The lowest BCUT2D eigenvalue weighted by Crippen LogP contribution is -2.45. The number of carbonyl (C=O) groups is 2. The van der Waals surface area contributed by atoms with Crippen LogP contribution in [-0.4, -0.2) is 47.4 Å². The molecule has 0 aromatic heterocycles. The normalized spacial score (nSPS) is 12.4. The van der Waals surface area contributed by atoms with Gasteiger partial charge in [-0.1, -0.05) is 431 Å². The first-order valence-corrected chi connectivity index (χ1v) is 41.4. The van der Waals surface area contributed by atoms with Crippen molar-refractivity contribution in [3.05, 3.63) is 12.2 Å². The highest BCUT2D eigenvalue weighted by molar-refractivity contribution is 5.76. The Labute approximate surface area is 559 Å². The first kappa shape index (κ1) is 87.6. The lowest BCUT2D eigenvalue weighted by atomic mass is 10.0. The molecule has 0 aliphatic heterocycles. The van der Waals surface area contributed by atoms with Gasteiger partial charge in [0.25, 0.3) is 0 Å². The van der Waals surface area contributed by atoms with E-state index in [1.807, 2.05) is 0 Å². The fraction of sp³-hybridized carbons (Fsp3) is 0.952. The van der Waals surface area contributed by atoms with Gasteiger partial charge in [0, 0.05) is 12.8 Å². The Morgan fingerprint density at radius 1 is 0.303 bits per heavy atom. The number of rotatable bonds is 79. The molecule has 0 heterocycles. The number of ether oxygens (including phenoxy) is 1. The van der Waals surface area contributed by atoms with E-state index in [2.05, 4.69) is 31.3 Å². The average Bonchev–Trinajstić information content (AvgIpc) is 3.60. The maximum absolute atomic E-state index is 12.6. The number of amides is 1. The van der Waals surface area contributed by atoms with E-state index in [0.29, 0.717) is 25.9 Å². The smallest absolute Gasteiger partial charge is 0.305 e. The van der Waals surface area contributed by atoms with Crippen LogP contribution in [0.5, 0.6) is 0 Å². The van der Waals surface area contributed by atoms with Crippen LogP contribution in [0.15, 0.2) is 12.2 Å². The molecule has 0 saturated heterocycles. The van der Waals surface area contributed by atoms with E-state index in [9.17, 15) is 19.8 Å². The molecule has 0 bridgehead atoms. The van der Waals surface area contributed by atoms with Crippen LogP contribution in [0, 0.1) is 0 Å². The highest BCUT2D eigenvalue weighted by Crippen LogP contribution is 2.21. The zero-order valence-corrected chi connectivity index (χ0v) is 61.0. The van der Waals surface area contributed by atoms with Crippen molar-refractivity contribution in [1.29, 1.82) is 0 Å². The molecule has 0 radical (unpaired) electrons. The predicted molar refractivity (Wildman–Crippen MR) is 394 cm³/mol. The zero-order chi connectivity index (χ0) is 64.2. The van der Waals surface area contributed by atoms with Gasteiger partial charge in [0.1, 0.15) is 0 Å². The molecule has 0 saturated carbocycles. The van der Waals surface area contributed by atoms with Gasteiger partial charge in [-0.3, -0.25) is 9.59 Å². The molecule has 6 nitrogen and oxygen atoms in total. The van der Waals surface area contributed by atoms with Gasteiger partial charge < -0.3 is 20.3 Å². The number of hydrogen-bond donors (Lipinski definition) is 3. The molecule has 530 valence electrons. The minimum absolute atomic E-state index is 0.0241. The van der Waals surface area contributed by atoms with E-state index in [0.717, 1.165) is 38.5 Å². The van der Waals surface area contributed by atoms with Crippen LogP contribution in [0.25, 0.3) is 0 Å². The first-order chi connectivity index (χ1) is 44.0. The molecule has 6 heteroatoms. The molecule has 0 spiro atoms. The summed E-state index contributed by atoms with van der Waals surface area (Å²) < 4.78 is 5.52. The number of aliphatic hydroxyl groups excluding tert-OH is 2. The average molecular weight is 1260 g/mol. The topological polar surface area (TPSA) is 95.9 Å². The summed E-state index contributed by atoms with van der Waals surface area (Å²) in [5, 5.41) is 23.5. The summed E-state index contributed by atoms with van der Waals surface area (Å²) in [6, 6.07) is -0.540. The third-order valence-corrected chi connectivity index (χ3v) is 19.8. The maximum atomic E-state index is 12.6. The lowest BCUT2D eigenvalue weighted by molar-refractivity contribution is -0.143. The molecule has 0 aliphatic carbocycles. The quantitative estimate of drug-likeness (QED) is 0.0320. The summed E-state index contributed by atoms with van der Waals surface area (Å²) in [5.74, 6) is -0.00168. The summed E-state index contributed by atoms with van der Waals surface area (Å²) >= 11 is 0. The molecule has 0 rings (SSSR count). The number of allylic oxidation sites excluding steroid dienone is 2. The van der Waals surface area contributed by atoms with Crippen LogP contribution in [0.2, 0.25) is 0 Å². The monoisotopic (exact) mass is 1250 g/mol. The third kappa shape index (κ3) is 75.5. The highest BCUT2D eigenvalue weighted by Gasteiger charge is 2.20. The van der Waals surface area contributed by atoms with Crippen molar-refractivity contribution in [3.63, 3.8) is 0 Å². The van der Waals surface area contributed by atoms with Gasteiger partial charge in [-0.25, -0.2) is 0 Å². The fourth-order valence-electron chi connectivity index (χ4n) is 13.5. The second kappa shape index (κ2) is 79.0. The van der Waals surface area contributed by atoms with E-state index in [4.69, 9.17) is 4.74 Å². The minimum Gasteiger partial charge on any atom is -0.466 e. The van der Waals surface area contributed by atoms with Crippen LogP contribution in [0.1, 0.15) is 483 Å². The van der Waals surface area contributed by atoms with E-state index < -0.39 is 12.1 Å². The molecule has 2 atom stereocenters. The molecule has 89 heavy (non-hydrogen) atoms. The molecular weight excluding hydrogens is 1090 g/mol. The van der Waals surface area contributed by atoms with Gasteiger partial charge in [0.2, 0.25) is 5.91 Å². The minimum atomic E-state index is -0.663. The Balaban J connectivity index is 3.34. The number of unbranched alkanes of at least 4 members (excludes halogenated alkanes) is 66. The number of aliphatic hydroxyl groups is 2. The summed E-state index contributed by atoms with van der Waals surface area (Å²) in [4.78, 5) is 24.7. The number of carbonyl (C=O) groups excluding carboxylic acids is 2. The molecule has 2 unspecified atom stereocenters. The van der Waals surface area contributed by atoms with E-state index >= 15 is 0 Å². The van der Waals surface area contributed by atoms with Crippen molar-refractivity contribution in [2.75, 3.05) is 13.2 Å². The molecule has 0 fully saturated rings. The maximum Gasteiger partial charge on any atom is 0.305 e. The standard InChI is InChI=1S/C83H163NO5/c1-3-5-7-9-11-13-15-17-19-21-22-23-37-40-44-47-51-55-59-63-67-71-75-81(86)80(79-85)84-82(87)76-72-68-64-60-56-52-48-45-41-38-35-33-31-29-27-25-24-26-28-30-32-34-36-39-42-46-50-54-58-62-66-70-74-78-89-83(88)77-73-69-65-61-57-53-49-43-20-18-16-14-12-10-8-6-4-2/h28,30,80-81,85-86H,3-27,29,31-79H2,1-2H3,(H,84,87)/b30-28-. The third-order valence-electron chi connectivity index (χ3n) is 19.8. The van der Waals surface area contributed by atoms with Gasteiger partial charge in [-0.2, -0.15) is 0 Å². The summed E-state index contributed by atoms with van der Waals surface area (Å²) in [6.45, 7) is 5.02. The van der Waals surface area contributed by atoms with Gasteiger partial charge >= 0.3 is 5.97 Å². The van der Waals surface area contributed by atoms with Gasteiger partial charge in [-0.15, -0.1) is 0 Å². The fourth-order valence-corrected chi connectivity index (χ4v) is 13.5. The van der Waals surface area contributed by atoms with E-state index in [1.165, 1.54) is 411 Å². The molecule has 0 aromatic rings. The van der Waals surface area contributed by atoms with Crippen LogP contribution in [0.3, 0.4) is 0 Å². The van der Waals surface area contributed by atoms with E-state index in [-0.39, 0.29) is 18.5 Å². The van der Waals surface area contributed by atoms with Crippen LogP contribution < -0.4 is 5.32 Å². The van der Waals surface area contributed by atoms with Crippen LogP contribution >= 0.6 is 0 Å². The first-order valence-electron chi connectivity index (χ1n) is 41.4. The SMILES string of the molecule is CCCCCCCCCCCCCCCCCCCCCCCCC(O)C(CO)NC(=O)CCCCCCCCCCCCCCCCCCC/C=C\CCCCCCCCCCCCCCOC(=O)CCCCCCCCCCCCCCCCCCC. The van der Waals surface area contributed by atoms with Crippen molar-refractivity contribution in [2.24, 2.45) is 0 Å². The summed E-state index contributed by atoms with van der Waals surface area (Å²) in [5.41, 5.74) is 0. The second-order valence-electron chi connectivity index (χ2n) is 28.8. The van der Waals surface area contributed by atoms with Gasteiger partial charge in [0.05, 0.1) is 25.4 Å². The Morgan fingerprint density at radius 3 is 0.798 bits per heavy atom. The molecule has 3 N–H and O–H groups in total. The van der Waals surface area contributed by atoms with Crippen LogP contribution in [0.4, 0.5) is 0 Å². The Hall–Kier alpha value is -1.40. The second-order valence-corrected chi connectivity index (χ2v) is 28.8. The highest BCUT2D eigenvalue weighted by atomic mass is 16.5. The van der Waals surface area contributed by atoms with E-state index in [1.54, 1.807) is 0 Å². The van der Waals surface area contributed by atoms with Crippen molar-refractivity contribution >= 4 is 11.9 Å². The summed E-state index contributed by atoms with van der Waals surface area (Å²) in [6.07, 6.45) is 100. The van der Waals surface area contributed by atoms with Gasteiger partial charge in [-0.05, 0) is 51.4 Å². The lowest BCUT2D eigenvalue weighted by Gasteiger charge is -2.22. The summed E-state index contributed by atoms with van der Waals surface area (Å²) in [7, 11) is 0. The molecule has 1 amide bonds. The Bertz CT molecular complexity index is 1350. The largest absolute Gasteiger partial charge is 0.466 e. The Kier molecular flexibility index (Phi) is 77.8. The molecular formula is C83H163NO5. The number of esters is 1. The van der Waals surface area contributed by atoms with Crippen molar-refractivity contribution in [2.45, 2.75) is 495 Å². The van der Waals surface area contributed by atoms with Crippen molar-refractivity contribution < 1.29 is 24.5 Å². The van der Waals surface area contributed by atoms with Gasteiger partial charge in [0.15, 0.2) is 0 Å². The zero-order valence-electron chi connectivity index (χ0n) is 61.0. The number of nitrogens with one attached hydrogen (secondary N) is 1. The predicted octanol–water partition coefficient (Wildman–Crippen LogP) is 27.4. The number of hydrogen-bond acceptors (Lipinski definition) is 5. The molecule has 0 aromatic carbocycles. The molecule has 0 aliphatic rings. The Morgan fingerprint density at radius 2 is 0.528 bits per heavy atom. The van der Waals surface area contributed by atoms with Crippen LogP contribution in [-0.2, 0) is 14.3 Å². The van der Waals surface area contributed by atoms with Crippen molar-refractivity contribution in [3.8, 4) is 0 Å².